The van der Waals surface area contributed by atoms with E-state index in [4.69, 9.17) is 4.74 Å². The summed E-state index contributed by atoms with van der Waals surface area (Å²) in [5, 5.41) is 14.9. The molecule has 4 amide bonds. The Kier molecular flexibility index (Phi) is 7.86. The first-order chi connectivity index (χ1) is 20.1. The predicted molar refractivity (Wildman–Crippen MR) is 146 cm³/mol. The average molecular weight is 604 g/mol. The van der Waals surface area contributed by atoms with Crippen LogP contribution in [-0.2, 0) is 24.7 Å². The van der Waals surface area contributed by atoms with E-state index in [1.807, 2.05) is 31.3 Å². The first-order valence-corrected chi connectivity index (χ1v) is 14.6. The fraction of sp³-hybridized carbons (Fsp3) is 0.633. The Morgan fingerprint density at radius 3 is 2.40 bits per heavy atom. The van der Waals surface area contributed by atoms with Gasteiger partial charge < -0.3 is 25.2 Å². The standard InChI is InChI=1S/C30H36F3N5O5/c1-28(2)20-6-4-5-7-23(20)43-29(26(41)36-28)14-19(15-34)38(16-29)25(40)22(13-18-10-11-18)37(3)24(39)21(12-17-8-9-17)35-27(42)30(31,32)33/h4-7,17-19,21-22H,8-14,16H2,1-3H3,(H,35,42)(H,36,41)/t19-,21-,22-,29+/m0/s1. The van der Waals surface area contributed by atoms with Crippen molar-refractivity contribution in [2.24, 2.45) is 11.8 Å². The molecule has 0 aromatic heterocycles. The number of hydrogen-bond donors (Lipinski definition) is 2. The lowest BCUT2D eigenvalue weighted by Gasteiger charge is -2.34. The minimum Gasteiger partial charge on any atom is -0.475 e. The SMILES string of the molecule is CN(C(=O)[C@H](CC1CC1)NC(=O)C(F)(F)F)[C@@H](CC1CC1)C(=O)N1C[C@@]2(C[C@H]1C#N)Oc1ccccc1C(C)(C)NC2=O. The number of likely N-dealkylation sites (tertiary alicyclic amines) is 1. The molecule has 13 heteroatoms. The molecule has 2 N–H and O–H groups in total. The van der Waals surface area contributed by atoms with Gasteiger partial charge in [0.25, 0.3) is 5.91 Å². The number of alkyl halides is 3. The molecule has 1 aromatic carbocycles. The average Bonchev–Trinajstić information content (AvgIpc) is 3.88. The number of ether oxygens (including phenoxy) is 1. The van der Waals surface area contributed by atoms with Gasteiger partial charge in [0.2, 0.25) is 17.4 Å². The molecule has 2 heterocycles. The van der Waals surface area contributed by atoms with Crippen molar-refractivity contribution < 1.29 is 37.1 Å². The maximum absolute atomic E-state index is 14.2. The Morgan fingerprint density at radius 1 is 1.16 bits per heavy atom. The van der Waals surface area contributed by atoms with E-state index < -0.39 is 59.1 Å². The summed E-state index contributed by atoms with van der Waals surface area (Å²) in [6.45, 7) is 3.40. The van der Waals surface area contributed by atoms with Gasteiger partial charge in [-0.3, -0.25) is 19.2 Å². The van der Waals surface area contributed by atoms with Gasteiger partial charge in [0.1, 0.15) is 23.9 Å². The molecule has 0 unspecified atom stereocenters. The maximum Gasteiger partial charge on any atom is 0.471 e. The molecular weight excluding hydrogens is 567 g/mol. The van der Waals surface area contributed by atoms with Gasteiger partial charge in [0, 0.05) is 19.0 Å². The second-order valence-corrected chi connectivity index (χ2v) is 12.8. The lowest BCUT2D eigenvalue weighted by molar-refractivity contribution is -0.175. The number of carbonyl (C=O) groups excluding carboxylic acids is 4. The summed E-state index contributed by atoms with van der Waals surface area (Å²) >= 11 is 0. The van der Waals surface area contributed by atoms with Crippen LogP contribution in [-0.4, -0.2) is 76.9 Å². The number of amides is 4. The molecule has 2 aliphatic carbocycles. The van der Waals surface area contributed by atoms with Gasteiger partial charge in [-0.25, -0.2) is 0 Å². The van der Waals surface area contributed by atoms with Crippen LogP contribution in [0, 0.1) is 23.2 Å². The van der Waals surface area contributed by atoms with Crippen molar-refractivity contribution in [2.75, 3.05) is 13.6 Å². The summed E-state index contributed by atoms with van der Waals surface area (Å²) in [6.07, 6.45) is -1.87. The molecule has 232 valence electrons. The predicted octanol–water partition coefficient (Wildman–Crippen LogP) is 2.77. The van der Waals surface area contributed by atoms with E-state index in [0.29, 0.717) is 5.75 Å². The number of benzene rings is 1. The van der Waals surface area contributed by atoms with Crippen LogP contribution in [0.25, 0.3) is 0 Å². The largest absolute Gasteiger partial charge is 0.475 e. The maximum atomic E-state index is 14.2. The number of nitriles is 1. The monoisotopic (exact) mass is 603 g/mol. The normalized spacial score (nSPS) is 25.8. The van der Waals surface area contributed by atoms with Gasteiger partial charge in [-0.1, -0.05) is 43.9 Å². The second-order valence-electron chi connectivity index (χ2n) is 12.8. The third-order valence-corrected chi connectivity index (χ3v) is 8.94. The van der Waals surface area contributed by atoms with E-state index in [1.165, 1.54) is 11.9 Å². The molecule has 2 aliphatic heterocycles. The van der Waals surface area contributed by atoms with Gasteiger partial charge >= 0.3 is 12.1 Å². The molecule has 0 bridgehead atoms. The van der Waals surface area contributed by atoms with Crippen LogP contribution in [0.3, 0.4) is 0 Å². The van der Waals surface area contributed by atoms with Gasteiger partial charge in [-0.05, 0) is 44.6 Å². The zero-order valence-electron chi connectivity index (χ0n) is 24.4. The van der Waals surface area contributed by atoms with Crippen LogP contribution in [0.15, 0.2) is 24.3 Å². The molecule has 4 aliphatic rings. The minimum absolute atomic E-state index is 0.00732. The molecule has 10 nitrogen and oxygen atoms in total. The van der Waals surface area contributed by atoms with E-state index in [0.717, 1.165) is 36.1 Å². The molecule has 1 spiro atoms. The van der Waals surface area contributed by atoms with Gasteiger partial charge in [0.05, 0.1) is 18.2 Å². The van der Waals surface area contributed by atoms with Crippen molar-refractivity contribution in [1.29, 1.82) is 5.26 Å². The smallest absolute Gasteiger partial charge is 0.471 e. The minimum atomic E-state index is -5.17. The van der Waals surface area contributed by atoms with Crippen LogP contribution in [0.1, 0.15) is 64.4 Å². The van der Waals surface area contributed by atoms with Crippen LogP contribution in [0.5, 0.6) is 5.75 Å². The van der Waals surface area contributed by atoms with E-state index in [-0.39, 0.29) is 37.6 Å². The number of rotatable bonds is 8. The van der Waals surface area contributed by atoms with Crippen molar-refractivity contribution in [2.45, 2.75) is 94.2 Å². The van der Waals surface area contributed by atoms with E-state index >= 15 is 0 Å². The third-order valence-electron chi connectivity index (χ3n) is 8.94. The fourth-order valence-electron chi connectivity index (χ4n) is 6.08. The Labute approximate surface area is 247 Å². The number of nitrogens with zero attached hydrogens (tertiary/aromatic N) is 3. The highest BCUT2D eigenvalue weighted by Gasteiger charge is 2.57. The number of hydrogen-bond acceptors (Lipinski definition) is 6. The number of likely N-dealkylation sites (N-methyl/N-ethyl adjacent to an activating group) is 1. The Balaban J connectivity index is 1.41. The summed E-state index contributed by atoms with van der Waals surface area (Å²) in [7, 11) is 1.34. The van der Waals surface area contributed by atoms with Crippen LogP contribution in [0.2, 0.25) is 0 Å². The zero-order valence-corrected chi connectivity index (χ0v) is 24.4. The Bertz CT molecular complexity index is 1350. The molecular formula is C30H36F3N5O5. The van der Waals surface area contributed by atoms with Crippen molar-refractivity contribution in [3.63, 3.8) is 0 Å². The van der Waals surface area contributed by atoms with Gasteiger partial charge in [-0.2, -0.15) is 18.4 Å². The van der Waals surface area contributed by atoms with Gasteiger partial charge in [0.15, 0.2) is 0 Å². The summed E-state index contributed by atoms with van der Waals surface area (Å²) in [5.41, 5.74) is -1.63. The molecule has 1 saturated heterocycles. The summed E-state index contributed by atoms with van der Waals surface area (Å²) in [6, 6.07) is 5.63. The lowest BCUT2D eigenvalue weighted by atomic mass is 9.93. The highest BCUT2D eigenvalue weighted by Crippen LogP contribution is 2.42. The quantitative estimate of drug-likeness (QED) is 0.470. The highest BCUT2D eigenvalue weighted by atomic mass is 19.4. The van der Waals surface area contributed by atoms with Crippen molar-refractivity contribution >= 4 is 23.6 Å². The first-order valence-electron chi connectivity index (χ1n) is 14.6. The zero-order chi connectivity index (χ0) is 31.3. The summed E-state index contributed by atoms with van der Waals surface area (Å²) < 4.78 is 45.6. The van der Waals surface area contributed by atoms with Crippen LogP contribution in [0.4, 0.5) is 13.2 Å². The number of halogens is 3. The lowest BCUT2D eigenvalue weighted by Crippen LogP contribution is -2.58. The molecule has 1 aromatic rings. The molecule has 5 rings (SSSR count). The third kappa shape index (κ3) is 6.28. The van der Waals surface area contributed by atoms with Crippen LogP contribution >= 0.6 is 0 Å². The molecule has 4 atom stereocenters. The number of para-hydroxylation sites is 1. The van der Waals surface area contributed by atoms with E-state index in [2.05, 4.69) is 11.4 Å². The Hall–Kier alpha value is -3.82. The summed E-state index contributed by atoms with van der Waals surface area (Å²) in [5.74, 6) is -3.51. The molecule has 3 fully saturated rings. The van der Waals surface area contributed by atoms with Crippen molar-refractivity contribution in [1.82, 2.24) is 20.4 Å². The number of fused-ring (bicyclic) bond motifs is 1. The topological polar surface area (TPSA) is 132 Å². The molecule has 43 heavy (non-hydrogen) atoms. The first kappa shape index (κ1) is 30.6. The molecule has 0 radical (unpaired) electrons. The number of nitrogens with one attached hydrogen (secondary N) is 2. The fourth-order valence-corrected chi connectivity index (χ4v) is 6.08. The van der Waals surface area contributed by atoms with Gasteiger partial charge in [-0.15, -0.1) is 0 Å². The number of carbonyl (C=O) groups is 4. The van der Waals surface area contributed by atoms with Crippen LogP contribution < -0.4 is 15.4 Å². The second kappa shape index (κ2) is 11.0. The van der Waals surface area contributed by atoms with E-state index in [9.17, 15) is 37.6 Å². The van der Waals surface area contributed by atoms with Crippen molar-refractivity contribution in [3.05, 3.63) is 29.8 Å². The van der Waals surface area contributed by atoms with E-state index in [1.54, 1.807) is 12.1 Å². The molecule has 2 saturated carbocycles. The summed E-state index contributed by atoms with van der Waals surface area (Å²) in [4.78, 5) is 55.6. The Morgan fingerprint density at radius 2 is 1.79 bits per heavy atom. The van der Waals surface area contributed by atoms with Crippen molar-refractivity contribution in [3.8, 4) is 11.8 Å². The highest BCUT2D eigenvalue weighted by molar-refractivity contribution is 5.94.